The number of halogens is 1. The van der Waals surface area contributed by atoms with E-state index >= 15 is 0 Å². The molecule has 0 spiro atoms. The molecule has 130 valence electrons. The number of carbonyl (C=O) groups excluding carboxylic acids is 3. The molecule has 2 aromatic rings. The van der Waals surface area contributed by atoms with Gasteiger partial charge in [0.2, 0.25) is 5.91 Å². The van der Waals surface area contributed by atoms with E-state index in [1.165, 1.54) is 25.3 Å². The van der Waals surface area contributed by atoms with Gasteiger partial charge in [0.15, 0.2) is 0 Å². The first-order valence-corrected chi connectivity index (χ1v) is 7.81. The van der Waals surface area contributed by atoms with Crippen LogP contribution in [-0.4, -0.2) is 31.4 Å². The number of hydrogen-bond acceptors (Lipinski definition) is 4. The summed E-state index contributed by atoms with van der Waals surface area (Å²) in [5, 5.41) is 5.34. The molecule has 0 bridgehead atoms. The van der Waals surface area contributed by atoms with Gasteiger partial charge in [0.05, 0.1) is 29.9 Å². The van der Waals surface area contributed by atoms with Gasteiger partial charge in [-0.15, -0.1) is 0 Å². The number of nitrogens with one attached hydrogen (secondary N) is 2. The zero-order valence-electron chi connectivity index (χ0n) is 13.8. The quantitative estimate of drug-likeness (QED) is 0.803. The average molecular weight is 361 g/mol. The molecule has 0 aliphatic rings. The molecular weight excluding hydrogens is 344 g/mol. The Balaban J connectivity index is 1.97. The number of methoxy groups -OCH3 is 1. The summed E-state index contributed by atoms with van der Waals surface area (Å²) < 4.78 is 4.62. The van der Waals surface area contributed by atoms with Crippen molar-refractivity contribution >= 4 is 35.1 Å². The Morgan fingerprint density at radius 1 is 1.04 bits per heavy atom. The lowest BCUT2D eigenvalue weighted by atomic mass is 10.1. The summed E-state index contributed by atoms with van der Waals surface area (Å²) in [6.07, 6.45) is 0. The van der Waals surface area contributed by atoms with Crippen LogP contribution in [0.5, 0.6) is 0 Å². The van der Waals surface area contributed by atoms with Gasteiger partial charge in [-0.1, -0.05) is 29.3 Å². The van der Waals surface area contributed by atoms with E-state index < -0.39 is 11.9 Å². The standard InChI is InChI=1S/C18H17ClN2O4/c1-11-3-5-12(6-4-11)17(23)20-10-16(22)21-15-9-13(18(24)25-2)7-8-14(15)19/h3-9H,10H2,1-2H3,(H,20,23)(H,21,22). The molecule has 0 saturated heterocycles. The van der Waals surface area contributed by atoms with Gasteiger partial charge < -0.3 is 15.4 Å². The van der Waals surface area contributed by atoms with Gasteiger partial charge >= 0.3 is 5.97 Å². The maximum atomic E-state index is 12.0. The van der Waals surface area contributed by atoms with Crippen LogP contribution in [0.25, 0.3) is 0 Å². The maximum absolute atomic E-state index is 12.0. The van der Waals surface area contributed by atoms with Gasteiger partial charge in [-0.05, 0) is 37.3 Å². The molecule has 0 atom stereocenters. The summed E-state index contributed by atoms with van der Waals surface area (Å²) in [6.45, 7) is 1.69. The molecule has 0 saturated carbocycles. The van der Waals surface area contributed by atoms with Crippen molar-refractivity contribution in [3.8, 4) is 0 Å². The maximum Gasteiger partial charge on any atom is 0.337 e. The van der Waals surface area contributed by atoms with Crippen LogP contribution in [0.15, 0.2) is 42.5 Å². The molecule has 2 amide bonds. The Morgan fingerprint density at radius 2 is 1.68 bits per heavy atom. The third-order valence-corrected chi connectivity index (χ3v) is 3.71. The van der Waals surface area contributed by atoms with Crippen molar-refractivity contribution in [2.75, 3.05) is 19.0 Å². The molecule has 0 heterocycles. The summed E-state index contributed by atoms with van der Waals surface area (Å²) in [5.74, 6) is -1.37. The molecule has 2 aromatic carbocycles. The van der Waals surface area contributed by atoms with Crippen molar-refractivity contribution in [3.63, 3.8) is 0 Å². The smallest absolute Gasteiger partial charge is 0.337 e. The molecule has 0 radical (unpaired) electrons. The molecule has 7 heteroatoms. The molecule has 0 unspecified atom stereocenters. The molecule has 0 aliphatic carbocycles. The van der Waals surface area contributed by atoms with Gasteiger partial charge in [-0.25, -0.2) is 4.79 Å². The van der Waals surface area contributed by atoms with Crippen molar-refractivity contribution in [1.29, 1.82) is 0 Å². The summed E-state index contributed by atoms with van der Waals surface area (Å²) in [5.41, 5.74) is 2.02. The van der Waals surface area contributed by atoms with E-state index in [4.69, 9.17) is 11.6 Å². The third-order valence-electron chi connectivity index (χ3n) is 3.38. The van der Waals surface area contributed by atoms with E-state index in [1.807, 2.05) is 19.1 Å². The Hall–Kier alpha value is -2.86. The Labute approximate surface area is 150 Å². The van der Waals surface area contributed by atoms with Gasteiger partial charge in [-0.2, -0.15) is 0 Å². The van der Waals surface area contributed by atoms with Crippen molar-refractivity contribution < 1.29 is 19.1 Å². The highest BCUT2D eigenvalue weighted by atomic mass is 35.5. The number of rotatable bonds is 5. The van der Waals surface area contributed by atoms with Gasteiger partial charge in [0.1, 0.15) is 0 Å². The van der Waals surface area contributed by atoms with Crippen LogP contribution in [-0.2, 0) is 9.53 Å². The normalized spacial score (nSPS) is 10.0. The SMILES string of the molecule is COC(=O)c1ccc(Cl)c(NC(=O)CNC(=O)c2ccc(C)cc2)c1. The lowest BCUT2D eigenvalue weighted by Gasteiger charge is -2.10. The monoisotopic (exact) mass is 360 g/mol. The fourth-order valence-electron chi connectivity index (χ4n) is 2.03. The summed E-state index contributed by atoms with van der Waals surface area (Å²) >= 11 is 6.01. The van der Waals surface area contributed by atoms with E-state index in [1.54, 1.807) is 12.1 Å². The first kappa shape index (κ1) is 18.5. The Bertz CT molecular complexity index is 803. The largest absolute Gasteiger partial charge is 0.465 e. The van der Waals surface area contributed by atoms with Gasteiger partial charge in [0, 0.05) is 5.56 Å². The molecule has 2 rings (SSSR count). The zero-order chi connectivity index (χ0) is 18.4. The third kappa shape index (κ3) is 5.06. The minimum Gasteiger partial charge on any atom is -0.465 e. The first-order valence-electron chi connectivity index (χ1n) is 7.43. The molecule has 0 aromatic heterocycles. The summed E-state index contributed by atoms with van der Waals surface area (Å²) in [6, 6.07) is 11.4. The van der Waals surface area contributed by atoms with Gasteiger partial charge in [0.25, 0.3) is 5.91 Å². The van der Waals surface area contributed by atoms with Crippen LogP contribution < -0.4 is 10.6 Å². The molecule has 2 N–H and O–H groups in total. The molecular formula is C18H17ClN2O4. The average Bonchev–Trinajstić information content (AvgIpc) is 2.61. The molecule has 6 nitrogen and oxygen atoms in total. The van der Waals surface area contributed by atoms with E-state index in [-0.39, 0.29) is 28.7 Å². The lowest BCUT2D eigenvalue weighted by molar-refractivity contribution is -0.115. The van der Waals surface area contributed by atoms with Gasteiger partial charge in [-0.3, -0.25) is 9.59 Å². The number of aryl methyl sites for hydroxylation is 1. The number of ether oxygens (including phenoxy) is 1. The van der Waals surface area contributed by atoms with E-state index in [0.717, 1.165) is 5.56 Å². The number of esters is 1. The highest BCUT2D eigenvalue weighted by Crippen LogP contribution is 2.23. The highest BCUT2D eigenvalue weighted by Gasteiger charge is 2.12. The Morgan fingerprint density at radius 3 is 2.32 bits per heavy atom. The van der Waals surface area contributed by atoms with Crippen molar-refractivity contribution in [2.45, 2.75) is 6.92 Å². The van der Waals surface area contributed by atoms with Crippen molar-refractivity contribution in [3.05, 3.63) is 64.2 Å². The number of carbonyl (C=O) groups is 3. The van der Waals surface area contributed by atoms with E-state index in [2.05, 4.69) is 15.4 Å². The first-order chi connectivity index (χ1) is 11.9. The fraction of sp³-hybridized carbons (Fsp3) is 0.167. The van der Waals surface area contributed by atoms with Crippen LogP contribution in [0.1, 0.15) is 26.3 Å². The second-order valence-electron chi connectivity index (χ2n) is 5.28. The molecule has 0 aliphatic heterocycles. The fourth-order valence-corrected chi connectivity index (χ4v) is 2.19. The van der Waals surface area contributed by atoms with E-state index in [9.17, 15) is 14.4 Å². The van der Waals surface area contributed by atoms with Crippen LogP contribution in [0, 0.1) is 6.92 Å². The highest BCUT2D eigenvalue weighted by molar-refractivity contribution is 6.33. The predicted octanol–water partition coefficient (Wildman–Crippen LogP) is 2.80. The number of amides is 2. The van der Waals surface area contributed by atoms with Crippen LogP contribution in [0.3, 0.4) is 0 Å². The van der Waals surface area contributed by atoms with Crippen molar-refractivity contribution in [1.82, 2.24) is 5.32 Å². The van der Waals surface area contributed by atoms with E-state index in [0.29, 0.717) is 5.56 Å². The second kappa shape index (κ2) is 8.30. The zero-order valence-corrected chi connectivity index (χ0v) is 14.5. The minimum absolute atomic E-state index is 0.231. The van der Waals surface area contributed by atoms with Crippen LogP contribution in [0.2, 0.25) is 5.02 Å². The number of hydrogen-bond donors (Lipinski definition) is 2. The Kier molecular flexibility index (Phi) is 6.14. The minimum atomic E-state index is -0.542. The van der Waals surface area contributed by atoms with Crippen molar-refractivity contribution in [2.24, 2.45) is 0 Å². The second-order valence-corrected chi connectivity index (χ2v) is 5.69. The summed E-state index contributed by atoms with van der Waals surface area (Å²) in [7, 11) is 1.26. The number of benzene rings is 2. The predicted molar refractivity (Wildman–Crippen MR) is 94.9 cm³/mol. The topological polar surface area (TPSA) is 84.5 Å². The number of anilines is 1. The lowest BCUT2D eigenvalue weighted by Crippen LogP contribution is -2.32. The summed E-state index contributed by atoms with van der Waals surface area (Å²) in [4.78, 5) is 35.5. The van der Waals surface area contributed by atoms with Crippen LogP contribution in [0.4, 0.5) is 5.69 Å². The van der Waals surface area contributed by atoms with Crippen LogP contribution >= 0.6 is 11.6 Å². The molecule has 25 heavy (non-hydrogen) atoms. The molecule has 0 fully saturated rings.